The highest BCUT2D eigenvalue weighted by Crippen LogP contribution is 2.44. The molecular weight excluding hydrogens is 420 g/mol. The Bertz CT molecular complexity index is 1030. The lowest BCUT2D eigenvalue weighted by molar-refractivity contribution is -0.137. The molecule has 2 aromatic carbocycles. The van der Waals surface area contributed by atoms with Gasteiger partial charge in [0.25, 0.3) is 0 Å². The van der Waals surface area contributed by atoms with Gasteiger partial charge in [0.2, 0.25) is 5.91 Å². The van der Waals surface area contributed by atoms with Crippen LogP contribution in [0.1, 0.15) is 43.7 Å². The molecule has 172 valence electrons. The quantitative estimate of drug-likeness (QED) is 0.509. The van der Waals surface area contributed by atoms with E-state index >= 15 is 0 Å². The molecule has 33 heavy (non-hydrogen) atoms. The molecule has 7 heteroatoms. The molecule has 2 atom stereocenters. The number of carboxylic acid groups (broad SMARTS) is 1. The van der Waals surface area contributed by atoms with Crippen LogP contribution in [0.4, 0.5) is 4.79 Å². The van der Waals surface area contributed by atoms with Crippen molar-refractivity contribution >= 4 is 18.0 Å². The number of alkyl carbamates (subject to hydrolysis) is 1. The zero-order chi connectivity index (χ0) is 24.0. The smallest absolute Gasteiger partial charge is 0.407 e. The van der Waals surface area contributed by atoms with E-state index < -0.39 is 30.1 Å². The molecule has 0 spiro atoms. The van der Waals surface area contributed by atoms with Crippen molar-refractivity contribution in [1.29, 1.82) is 0 Å². The first kappa shape index (κ1) is 23.9. The summed E-state index contributed by atoms with van der Waals surface area (Å²) in [5, 5.41) is 14.2. The second kappa shape index (κ2) is 10.7. The van der Waals surface area contributed by atoms with E-state index in [0.717, 1.165) is 22.3 Å². The maximum Gasteiger partial charge on any atom is 0.407 e. The summed E-state index contributed by atoms with van der Waals surface area (Å²) in [5.74, 6) is 0.740. The van der Waals surface area contributed by atoms with Crippen LogP contribution in [0.3, 0.4) is 0 Å². The first-order valence-corrected chi connectivity index (χ1v) is 10.9. The van der Waals surface area contributed by atoms with Gasteiger partial charge in [0.05, 0.1) is 6.04 Å². The van der Waals surface area contributed by atoms with Crippen molar-refractivity contribution in [3.63, 3.8) is 0 Å². The van der Waals surface area contributed by atoms with Crippen molar-refractivity contribution < 1.29 is 24.2 Å². The number of nitrogens with one attached hydrogen (secondary N) is 2. The molecule has 0 bridgehead atoms. The molecule has 2 amide bonds. The second-order valence-corrected chi connectivity index (χ2v) is 8.35. The number of benzene rings is 2. The van der Waals surface area contributed by atoms with Crippen LogP contribution in [0, 0.1) is 18.3 Å². The first-order valence-electron chi connectivity index (χ1n) is 10.9. The van der Waals surface area contributed by atoms with Crippen LogP contribution in [0.25, 0.3) is 11.1 Å². The topological polar surface area (TPSA) is 105 Å². The highest BCUT2D eigenvalue weighted by molar-refractivity contribution is 5.86. The minimum atomic E-state index is -1.08. The summed E-state index contributed by atoms with van der Waals surface area (Å²) in [5.41, 5.74) is 4.35. The minimum Gasteiger partial charge on any atom is -0.481 e. The normalized spacial score (nSPS) is 13.9. The van der Waals surface area contributed by atoms with Gasteiger partial charge < -0.3 is 20.5 Å². The molecule has 0 saturated carbocycles. The SMILES string of the molecule is C#CC(NC(=O)C(CCC(=O)O)NC(=O)OCC1c2ccccc2-c2ccccc21)C(C)C. The molecule has 0 heterocycles. The van der Waals surface area contributed by atoms with Crippen LogP contribution in [0.2, 0.25) is 0 Å². The summed E-state index contributed by atoms with van der Waals surface area (Å²) in [6.45, 7) is 3.80. The average molecular weight is 449 g/mol. The fraction of sp³-hybridized carbons (Fsp3) is 0.346. The van der Waals surface area contributed by atoms with E-state index in [1.807, 2.05) is 62.4 Å². The number of hydrogen-bond acceptors (Lipinski definition) is 4. The number of carbonyl (C=O) groups excluding carboxylic acids is 2. The van der Waals surface area contributed by atoms with Crippen LogP contribution in [0.5, 0.6) is 0 Å². The Morgan fingerprint density at radius 1 is 1.03 bits per heavy atom. The molecule has 0 aliphatic heterocycles. The van der Waals surface area contributed by atoms with Crippen molar-refractivity contribution in [2.45, 2.75) is 44.7 Å². The van der Waals surface area contributed by atoms with Crippen LogP contribution in [0.15, 0.2) is 48.5 Å². The Labute approximate surface area is 193 Å². The summed E-state index contributed by atoms with van der Waals surface area (Å²) in [4.78, 5) is 36.3. The highest BCUT2D eigenvalue weighted by atomic mass is 16.5. The van der Waals surface area contributed by atoms with Gasteiger partial charge in [-0.2, -0.15) is 0 Å². The van der Waals surface area contributed by atoms with Gasteiger partial charge in [0, 0.05) is 12.3 Å². The van der Waals surface area contributed by atoms with Crippen molar-refractivity contribution in [2.24, 2.45) is 5.92 Å². The molecule has 0 radical (unpaired) electrons. The van der Waals surface area contributed by atoms with Gasteiger partial charge >= 0.3 is 12.1 Å². The lowest BCUT2D eigenvalue weighted by Gasteiger charge is -2.22. The molecule has 2 unspecified atom stereocenters. The van der Waals surface area contributed by atoms with Gasteiger partial charge in [0.1, 0.15) is 12.6 Å². The third kappa shape index (κ3) is 5.72. The van der Waals surface area contributed by atoms with Crippen molar-refractivity contribution in [1.82, 2.24) is 10.6 Å². The molecule has 0 saturated heterocycles. The molecule has 0 fully saturated rings. The van der Waals surface area contributed by atoms with Crippen molar-refractivity contribution in [2.75, 3.05) is 6.61 Å². The summed E-state index contributed by atoms with van der Waals surface area (Å²) < 4.78 is 5.49. The van der Waals surface area contributed by atoms with Gasteiger partial charge in [-0.1, -0.05) is 68.3 Å². The molecule has 2 aromatic rings. The molecule has 1 aliphatic carbocycles. The lowest BCUT2D eigenvalue weighted by Crippen LogP contribution is -2.50. The maximum absolute atomic E-state index is 12.7. The summed E-state index contributed by atoms with van der Waals surface area (Å²) in [7, 11) is 0. The lowest BCUT2D eigenvalue weighted by atomic mass is 9.98. The largest absolute Gasteiger partial charge is 0.481 e. The predicted molar refractivity (Wildman–Crippen MR) is 124 cm³/mol. The van der Waals surface area contributed by atoms with Gasteiger partial charge in [-0.05, 0) is 34.6 Å². The van der Waals surface area contributed by atoms with E-state index in [0.29, 0.717) is 0 Å². The first-order chi connectivity index (χ1) is 15.8. The zero-order valence-corrected chi connectivity index (χ0v) is 18.7. The van der Waals surface area contributed by atoms with E-state index in [2.05, 4.69) is 16.6 Å². The monoisotopic (exact) mass is 448 g/mol. The number of amides is 2. The summed E-state index contributed by atoms with van der Waals surface area (Å²) >= 11 is 0. The van der Waals surface area contributed by atoms with Crippen LogP contribution in [-0.2, 0) is 14.3 Å². The summed E-state index contributed by atoms with van der Waals surface area (Å²) in [6.07, 6.45) is 4.31. The number of fused-ring (bicyclic) bond motifs is 3. The Morgan fingerprint density at radius 2 is 1.61 bits per heavy atom. The zero-order valence-electron chi connectivity index (χ0n) is 18.7. The average Bonchev–Trinajstić information content (AvgIpc) is 3.12. The number of carboxylic acids is 1. The van der Waals surface area contributed by atoms with E-state index in [4.69, 9.17) is 16.3 Å². The molecule has 7 nitrogen and oxygen atoms in total. The second-order valence-electron chi connectivity index (χ2n) is 8.35. The Kier molecular flexibility index (Phi) is 7.73. The molecular formula is C26H28N2O5. The number of rotatable bonds is 9. The molecule has 3 rings (SSSR count). The van der Waals surface area contributed by atoms with Crippen LogP contribution >= 0.6 is 0 Å². The van der Waals surface area contributed by atoms with Crippen molar-refractivity contribution in [3.8, 4) is 23.5 Å². The Morgan fingerprint density at radius 3 is 2.12 bits per heavy atom. The molecule has 0 aromatic heterocycles. The standard InChI is InChI=1S/C26H28N2O5/c1-4-22(16(2)3)27-25(31)23(13-14-24(29)30)28-26(32)33-15-21-19-11-7-5-9-17(19)18-10-6-8-12-20(18)21/h1,5-12,16,21-23H,13-15H2,2-3H3,(H,27,31)(H,28,32)(H,29,30). The van der Waals surface area contributed by atoms with E-state index in [1.165, 1.54) is 0 Å². The van der Waals surface area contributed by atoms with Crippen LogP contribution in [-0.4, -0.2) is 41.8 Å². The molecule has 1 aliphatic rings. The third-order valence-electron chi connectivity index (χ3n) is 5.74. The number of hydrogen-bond donors (Lipinski definition) is 3. The van der Waals surface area contributed by atoms with Gasteiger partial charge in [-0.25, -0.2) is 4.79 Å². The third-order valence-corrected chi connectivity index (χ3v) is 5.74. The fourth-order valence-electron chi connectivity index (χ4n) is 3.97. The minimum absolute atomic E-state index is 0.0199. The highest BCUT2D eigenvalue weighted by Gasteiger charge is 2.30. The van der Waals surface area contributed by atoms with Gasteiger partial charge in [-0.3, -0.25) is 9.59 Å². The number of carbonyl (C=O) groups is 3. The van der Waals surface area contributed by atoms with E-state index in [-0.39, 0.29) is 31.3 Å². The fourth-order valence-corrected chi connectivity index (χ4v) is 3.97. The Hall–Kier alpha value is -3.79. The van der Waals surface area contributed by atoms with E-state index in [1.54, 1.807) is 0 Å². The van der Waals surface area contributed by atoms with Crippen LogP contribution < -0.4 is 10.6 Å². The maximum atomic E-state index is 12.7. The van der Waals surface area contributed by atoms with Crippen molar-refractivity contribution in [3.05, 3.63) is 59.7 Å². The Balaban J connectivity index is 1.67. The predicted octanol–water partition coefficient (Wildman–Crippen LogP) is 3.53. The number of terminal acetylenes is 1. The summed E-state index contributed by atoms with van der Waals surface area (Å²) in [6, 6.07) is 14.3. The molecule has 3 N–H and O–H groups in total. The van der Waals surface area contributed by atoms with E-state index in [9.17, 15) is 14.4 Å². The van der Waals surface area contributed by atoms with Gasteiger partial charge in [0.15, 0.2) is 0 Å². The number of ether oxygens (including phenoxy) is 1. The van der Waals surface area contributed by atoms with Gasteiger partial charge in [-0.15, -0.1) is 6.42 Å². The number of aliphatic carboxylic acids is 1.